The van der Waals surface area contributed by atoms with Crippen LogP contribution in [0.25, 0.3) is 0 Å². The number of piperidine rings is 1. The van der Waals surface area contributed by atoms with Gasteiger partial charge in [0.1, 0.15) is 0 Å². The maximum absolute atomic E-state index is 11.5. The molecule has 2 fully saturated rings. The third-order valence-corrected chi connectivity index (χ3v) is 5.72. The molecule has 0 unspecified atom stereocenters. The van der Waals surface area contributed by atoms with Gasteiger partial charge < -0.3 is 10.1 Å². The fraction of sp³-hybridized carbons (Fsp3) is 0.588. The van der Waals surface area contributed by atoms with Crippen LogP contribution < -0.4 is 5.32 Å². The third kappa shape index (κ3) is 2.97. The summed E-state index contributed by atoms with van der Waals surface area (Å²) in [5, 5.41) is 3.32. The lowest BCUT2D eigenvalue weighted by Crippen LogP contribution is -2.47. The van der Waals surface area contributed by atoms with Gasteiger partial charge in [-0.15, -0.1) is 0 Å². The van der Waals surface area contributed by atoms with E-state index >= 15 is 0 Å². The molecular formula is C17H23NO2S. The Morgan fingerprint density at radius 1 is 1.38 bits per heavy atom. The van der Waals surface area contributed by atoms with Crippen LogP contribution in [-0.2, 0) is 4.74 Å². The van der Waals surface area contributed by atoms with Gasteiger partial charge in [0.2, 0.25) is 0 Å². The van der Waals surface area contributed by atoms with E-state index in [9.17, 15) is 4.79 Å². The van der Waals surface area contributed by atoms with Gasteiger partial charge in [0.25, 0.3) is 0 Å². The number of hydrogen-bond donors (Lipinski definition) is 1. The summed E-state index contributed by atoms with van der Waals surface area (Å²) in [5.41, 5.74) is 2.15. The van der Waals surface area contributed by atoms with Crippen molar-refractivity contribution in [1.29, 1.82) is 0 Å². The first-order valence-electron chi connectivity index (χ1n) is 7.96. The zero-order chi connectivity index (χ0) is 15.8. The molecule has 21 heavy (non-hydrogen) atoms. The lowest BCUT2D eigenvalue weighted by molar-refractivity contribution is 0.0600. The molecule has 1 N–H and O–H groups in total. The summed E-state index contributed by atoms with van der Waals surface area (Å²) >= 11 is 1.68. The average Bonchev–Trinajstić information content (AvgIpc) is 2.53. The second-order valence-corrected chi connectivity index (χ2v) is 7.16. The Kier molecular flexibility index (Phi) is 3.91. The summed E-state index contributed by atoms with van der Waals surface area (Å²) in [6.45, 7) is 1.01. The van der Waals surface area contributed by atoms with Gasteiger partial charge >= 0.3 is 5.97 Å². The zero-order valence-corrected chi connectivity index (χ0v) is 13.5. The van der Waals surface area contributed by atoms with Gasteiger partial charge in [-0.25, -0.2) is 4.79 Å². The Bertz CT molecular complexity index is 554. The molecule has 1 aromatic rings. The standard InChI is InChI=1S/C17H23NO2S/c1-20-16(19)13-5-3-12(4-6-13)15-11-17(7-8-18-15)9-14(10-17)21-2/h3-6,14-15,18H,7-11H2,1-2H3/t14?,15-,17?/m0/s1/i14D. The first-order valence-corrected chi connectivity index (χ1v) is 8.69. The SMILES string of the molecule is [2H]C1(SC)CC2(CCN[C@H](c3ccc(C(=O)OC)cc3)C2)C1. The number of methoxy groups -OCH3 is 1. The number of rotatable bonds is 3. The van der Waals surface area contributed by atoms with Crippen molar-refractivity contribution in [2.24, 2.45) is 5.41 Å². The highest BCUT2D eigenvalue weighted by Gasteiger charge is 2.46. The Morgan fingerprint density at radius 3 is 2.71 bits per heavy atom. The minimum Gasteiger partial charge on any atom is -0.465 e. The van der Waals surface area contributed by atoms with Crippen LogP contribution in [0.3, 0.4) is 0 Å². The highest BCUT2D eigenvalue weighted by Crippen LogP contribution is 2.54. The molecule has 1 aliphatic heterocycles. The maximum Gasteiger partial charge on any atom is 0.337 e. The van der Waals surface area contributed by atoms with Crippen LogP contribution in [0, 0.1) is 5.41 Å². The molecule has 1 atom stereocenters. The molecule has 3 rings (SSSR count). The molecule has 1 saturated carbocycles. The fourth-order valence-electron chi connectivity index (χ4n) is 3.57. The number of ether oxygens (including phenoxy) is 1. The predicted octanol–water partition coefficient (Wildman–Crippen LogP) is 3.41. The Labute approximate surface area is 132 Å². The van der Waals surface area contributed by atoms with Crippen molar-refractivity contribution in [3.05, 3.63) is 35.4 Å². The lowest BCUT2D eigenvalue weighted by Gasteiger charge is -2.52. The second kappa shape index (κ2) is 6.01. The molecule has 0 amide bonds. The van der Waals surface area contributed by atoms with Gasteiger partial charge in [0, 0.05) is 12.6 Å². The maximum atomic E-state index is 11.5. The zero-order valence-electron chi connectivity index (χ0n) is 13.6. The predicted molar refractivity (Wildman–Crippen MR) is 86.7 cm³/mol. The Balaban J connectivity index is 1.69. The summed E-state index contributed by atoms with van der Waals surface area (Å²) in [6.07, 6.45) is 6.31. The number of esters is 1. The van der Waals surface area contributed by atoms with Crippen LogP contribution in [0.4, 0.5) is 0 Å². The molecular weight excluding hydrogens is 282 g/mol. The van der Waals surface area contributed by atoms with E-state index in [4.69, 9.17) is 6.11 Å². The van der Waals surface area contributed by atoms with Crippen molar-refractivity contribution in [3.8, 4) is 0 Å². The smallest absolute Gasteiger partial charge is 0.337 e. The molecule has 1 saturated heterocycles. The van der Waals surface area contributed by atoms with E-state index in [2.05, 4.69) is 5.32 Å². The summed E-state index contributed by atoms with van der Waals surface area (Å²) in [7, 11) is 1.40. The molecule has 2 aliphatic rings. The first kappa shape index (κ1) is 13.6. The summed E-state index contributed by atoms with van der Waals surface area (Å²) in [6, 6.07) is 8.03. The molecule has 1 aromatic carbocycles. The van der Waals surface area contributed by atoms with Gasteiger partial charge in [0.15, 0.2) is 0 Å². The number of thioether (sulfide) groups is 1. The molecule has 114 valence electrons. The van der Waals surface area contributed by atoms with E-state index < -0.39 is 0 Å². The molecule has 3 nitrogen and oxygen atoms in total. The monoisotopic (exact) mass is 306 g/mol. The van der Waals surface area contributed by atoms with Crippen molar-refractivity contribution in [1.82, 2.24) is 5.32 Å². The molecule has 0 bridgehead atoms. The van der Waals surface area contributed by atoms with Crippen molar-refractivity contribution in [2.75, 3.05) is 19.9 Å². The molecule has 1 aliphatic carbocycles. The van der Waals surface area contributed by atoms with Gasteiger partial charge in [0.05, 0.1) is 12.7 Å². The lowest BCUT2D eigenvalue weighted by atomic mass is 9.61. The fourth-order valence-corrected chi connectivity index (χ4v) is 4.48. The van der Waals surface area contributed by atoms with Crippen LogP contribution >= 0.6 is 11.8 Å². The van der Waals surface area contributed by atoms with E-state index in [1.807, 2.05) is 30.5 Å². The van der Waals surface area contributed by atoms with Crippen LogP contribution in [-0.4, -0.2) is 31.1 Å². The summed E-state index contributed by atoms with van der Waals surface area (Å²) < 4.78 is 13.1. The van der Waals surface area contributed by atoms with E-state index in [1.165, 1.54) is 19.1 Å². The molecule has 1 heterocycles. The first-order chi connectivity index (χ1) is 10.5. The van der Waals surface area contributed by atoms with Crippen LogP contribution in [0.2, 0.25) is 0 Å². The molecule has 1 spiro atoms. The van der Waals surface area contributed by atoms with Gasteiger partial charge in [-0.3, -0.25) is 0 Å². The number of nitrogens with one attached hydrogen (secondary N) is 1. The Hall–Kier alpha value is -1.00. The number of hydrogen-bond acceptors (Lipinski definition) is 4. The van der Waals surface area contributed by atoms with Crippen molar-refractivity contribution in [2.45, 2.75) is 37.0 Å². The normalized spacial score (nSPS) is 35.9. The number of carbonyl (C=O) groups is 1. The van der Waals surface area contributed by atoms with Crippen molar-refractivity contribution < 1.29 is 10.9 Å². The largest absolute Gasteiger partial charge is 0.465 e. The quantitative estimate of drug-likeness (QED) is 0.869. The molecule has 0 radical (unpaired) electrons. The topological polar surface area (TPSA) is 38.3 Å². The van der Waals surface area contributed by atoms with Crippen LogP contribution in [0.1, 0.15) is 49.0 Å². The average molecular weight is 306 g/mol. The van der Waals surface area contributed by atoms with E-state index in [0.717, 1.165) is 25.8 Å². The van der Waals surface area contributed by atoms with Gasteiger partial charge in [-0.2, -0.15) is 11.8 Å². The number of carbonyl (C=O) groups excluding carboxylic acids is 1. The van der Waals surface area contributed by atoms with E-state index in [1.54, 1.807) is 11.8 Å². The van der Waals surface area contributed by atoms with Crippen molar-refractivity contribution in [3.63, 3.8) is 0 Å². The minimum absolute atomic E-state index is 0.267. The molecule has 4 heteroatoms. The van der Waals surface area contributed by atoms with Gasteiger partial charge in [-0.1, -0.05) is 12.1 Å². The van der Waals surface area contributed by atoms with Crippen molar-refractivity contribution >= 4 is 17.7 Å². The highest BCUT2D eigenvalue weighted by atomic mass is 32.2. The third-order valence-electron chi connectivity index (χ3n) is 4.85. The second-order valence-electron chi connectivity index (χ2n) is 6.17. The highest BCUT2D eigenvalue weighted by molar-refractivity contribution is 7.99. The minimum atomic E-state index is -0.294. The molecule has 0 aromatic heterocycles. The number of benzene rings is 1. The van der Waals surface area contributed by atoms with Crippen LogP contribution in [0.15, 0.2) is 24.3 Å². The van der Waals surface area contributed by atoms with E-state index in [0.29, 0.717) is 17.0 Å². The summed E-state index contributed by atoms with van der Waals surface area (Å²) in [5.74, 6) is -0.294. The Morgan fingerprint density at radius 2 is 2.10 bits per heavy atom. The van der Waals surface area contributed by atoms with E-state index in [-0.39, 0.29) is 11.2 Å². The van der Waals surface area contributed by atoms with Gasteiger partial charge in [-0.05, 0) is 61.6 Å². The van der Waals surface area contributed by atoms with Crippen LogP contribution in [0.5, 0.6) is 0 Å². The summed E-state index contributed by atoms with van der Waals surface area (Å²) in [4.78, 5) is 11.5.